The molecule has 8 nitrogen and oxygen atoms in total. The summed E-state index contributed by atoms with van der Waals surface area (Å²) in [5.41, 5.74) is 7.91. The Morgan fingerprint density at radius 1 is 1.27 bits per heavy atom. The summed E-state index contributed by atoms with van der Waals surface area (Å²) >= 11 is 0. The van der Waals surface area contributed by atoms with Crippen molar-refractivity contribution in [2.75, 3.05) is 18.5 Å². The summed E-state index contributed by atoms with van der Waals surface area (Å²) in [6, 6.07) is 12.0. The Bertz CT molecular complexity index is 1240. The van der Waals surface area contributed by atoms with Gasteiger partial charge in [-0.1, -0.05) is 17.7 Å². The Balaban J connectivity index is 1.35. The van der Waals surface area contributed by atoms with Crippen molar-refractivity contribution >= 4 is 27.2 Å². The standard InChI is InChI=1S/C23H26FN3O5S/c1-15-2-7-20(8-3-15)33(28,29)32-19-5-4-17(10-19)26-23-27-21-9-6-18(11-22(21)31-23)30-14-16(12-24)13-25/h2-3,6-9,11-12,17,19H,4-5,10,13-14,25H2,1H3,(H,26,27)/b16-12+. The van der Waals surface area contributed by atoms with Gasteiger partial charge in [-0.2, -0.15) is 13.4 Å². The SMILES string of the molecule is Cc1ccc(S(=O)(=O)OC2CCC(Nc3nc4ccc(OC/C(=C/F)CN)cc4o3)C2)cc1. The normalized spacial score (nSPS) is 19.2. The highest BCUT2D eigenvalue weighted by Crippen LogP contribution is 2.30. The summed E-state index contributed by atoms with van der Waals surface area (Å²) in [7, 11) is -3.81. The van der Waals surface area contributed by atoms with Crippen LogP contribution in [0.1, 0.15) is 24.8 Å². The Kier molecular flexibility index (Phi) is 6.96. The van der Waals surface area contributed by atoms with Gasteiger partial charge in [0, 0.05) is 24.2 Å². The molecule has 1 heterocycles. The maximum absolute atomic E-state index is 12.6. The topological polar surface area (TPSA) is 117 Å². The molecule has 176 valence electrons. The molecule has 0 saturated heterocycles. The zero-order chi connectivity index (χ0) is 23.4. The third kappa shape index (κ3) is 5.70. The van der Waals surface area contributed by atoms with Crippen molar-refractivity contribution in [2.24, 2.45) is 5.73 Å². The number of benzene rings is 2. The number of rotatable bonds is 9. The van der Waals surface area contributed by atoms with Crippen LogP contribution in [0.15, 0.2) is 63.7 Å². The molecule has 3 aromatic rings. The predicted molar refractivity (Wildman–Crippen MR) is 122 cm³/mol. The van der Waals surface area contributed by atoms with Crippen molar-refractivity contribution in [3.8, 4) is 5.75 Å². The zero-order valence-corrected chi connectivity index (χ0v) is 19.0. The Hall–Kier alpha value is -2.95. The number of aryl methyl sites for hydroxylation is 1. The number of ether oxygens (including phenoxy) is 1. The number of halogens is 1. The summed E-state index contributed by atoms with van der Waals surface area (Å²) in [6.45, 7) is 2.02. The Morgan fingerprint density at radius 2 is 2.06 bits per heavy atom. The van der Waals surface area contributed by atoms with Gasteiger partial charge in [-0.3, -0.25) is 4.18 Å². The van der Waals surface area contributed by atoms with Crippen molar-refractivity contribution < 1.29 is 26.1 Å². The van der Waals surface area contributed by atoms with E-state index in [1.54, 1.807) is 42.5 Å². The van der Waals surface area contributed by atoms with Crippen LogP contribution in [0.2, 0.25) is 0 Å². The van der Waals surface area contributed by atoms with E-state index in [0.717, 1.165) is 12.0 Å². The fourth-order valence-corrected chi connectivity index (χ4v) is 4.75. The molecule has 2 atom stereocenters. The predicted octanol–water partition coefficient (Wildman–Crippen LogP) is 4.07. The molecule has 0 spiro atoms. The lowest BCUT2D eigenvalue weighted by molar-refractivity contribution is 0.216. The summed E-state index contributed by atoms with van der Waals surface area (Å²) < 4.78 is 54.5. The number of hydrogen-bond donors (Lipinski definition) is 2. The quantitative estimate of drug-likeness (QED) is 0.445. The molecule has 1 aromatic heterocycles. The maximum Gasteiger partial charge on any atom is 0.297 e. The molecule has 1 saturated carbocycles. The molecule has 4 rings (SSSR count). The third-order valence-corrected chi connectivity index (χ3v) is 6.86. The van der Waals surface area contributed by atoms with Crippen LogP contribution in [0.25, 0.3) is 11.1 Å². The minimum absolute atomic E-state index is 0.0335. The zero-order valence-electron chi connectivity index (χ0n) is 18.2. The fourth-order valence-electron chi connectivity index (χ4n) is 3.64. The van der Waals surface area contributed by atoms with Gasteiger partial charge in [-0.15, -0.1) is 0 Å². The lowest BCUT2D eigenvalue weighted by Gasteiger charge is -2.13. The van der Waals surface area contributed by atoms with Crippen LogP contribution < -0.4 is 15.8 Å². The first-order chi connectivity index (χ1) is 15.9. The third-order valence-electron chi connectivity index (χ3n) is 5.49. The minimum Gasteiger partial charge on any atom is -0.489 e. The first-order valence-electron chi connectivity index (χ1n) is 10.6. The monoisotopic (exact) mass is 475 g/mol. The van der Waals surface area contributed by atoms with E-state index in [9.17, 15) is 12.8 Å². The molecule has 1 fully saturated rings. The average Bonchev–Trinajstić information content (AvgIpc) is 3.40. The molecular formula is C23H26FN3O5S. The average molecular weight is 476 g/mol. The number of anilines is 1. The van der Waals surface area contributed by atoms with Crippen molar-refractivity contribution in [3.63, 3.8) is 0 Å². The van der Waals surface area contributed by atoms with Crippen molar-refractivity contribution in [1.82, 2.24) is 4.98 Å². The number of nitrogens with zero attached hydrogens (tertiary/aromatic N) is 1. The Morgan fingerprint density at radius 3 is 2.79 bits per heavy atom. The Labute approximate surface area is 191 Å². The molecule has 1 aliphatic rings. The van der Waals surface area contributed by atoms with Crippen molar-refractivity contribution in [3.05, 3.63) is 59.9 Å². The summed E-state index contributed by atoms with van der Waals surface area (Å²) in [5, 5.41) is 3.21. The van der Waals surface area contributed by atoms with Gasteiger partial charge < -0.3 is 20.2 Å². The number of oxazole rings is 1. The first kappa shape index (κ1) is 23.2. The highest BCUT2D eigenvalue weighted by atomic mass is 32.2. The first-order valence-corrected chi connectivity index (χ1v) is 12.0. The van der Waals surface area contributed by atoms with Crippen LogP contribution in [0.3, 0.4) is 0 Å². The molecule has 3 N–H and O–H groups in total. The molecule has 1 aliphatic carbocycles. The highest BCUT2D eigenvalue weighted by Gasteiger charge is 2.31. The van der Waals surface area contributed by atoms with Gasteiger partial charge in [-0.25, -0.2) is 4.39 Å². The van der Waals surface area contributed by atoms with Gasteiger partial charge in [0.15, 0.2) is 5.58 Å². The summed E-state index contributed by atoms with van der Waals surface area (Å²) in [6.07, 6.45) is 1.86. The highest BCUT2D eigenvalue weighted by molar-refractivity contribution is 7.86. The number of hydrogen-bond acceptors (Lipinski definition) is 8. The van der Waals surface area contributed by atoms with Crippen molar-refractivity contribution in [1.29, 1.82) is 0 Å². The second-order valence-electron chi connectivity index (χ2n) is 8.05. The maximum atomic E-state index is 12.6. The van der Waals surface area contributed by atoms with Crippen molar-refractivity contribution in [2.45, 2.75) is 43.2 Å². The molecule has 33 heavy (non-hydrogen) atoms. The minimum atomic E-state index is -3.81. The van der Waals surface area contributed by atoms with Crippen LogP contribution in [0.4, 0.5) is 10.4 Å². The number of nitrogens with two attached hydrogens (primary N) is 1. The molecule has 0 amide bonds. The van der Waals surface area contributed by atoms with Gasteiger partial charge in [0.1, 0.15) is 17.9 Å². The lowest BCUT2D eigenvalue weighted by Crippen LogP contribution is -2.20. The van der Waals surface area contributed by atoms with E-state index in [1.807, 2.05) is 6.92 Å². The summed E-state index contributed by atoms with van der Waals surface area (Å²) in [4.78, 5) is 4.57. The van der Waals surface area contributed by atoms with E-state index in [2.05, 4.69) is 10.3 Å². The second-order valence-corrected chi connectivity index (χ2v) is 9.62. The lowest BCUT2D eigenvalue weighted by atomic mass is 10.2. The van der Waals surface area contributed by atoms with E-state index in [-0.39, 0.29) is 24.1 Å². The van der Waals surface area contributed by atoms with Crippen LogP contribution >= 0.6 is 0 Å². The smallest absolute Gasteiger partial charge is 0.297 e. The molecule has 10 heteroatoms. The number of aromatic nitrogens is 1. The number of nitrogens with one attached hydrogen (secondary N) is 1. The van der Waals surface area contributed by atoms with Gasteiger partial charge >= 0.3 is 0 Å². The number of fused-ring (bicyclic) bond motifs is 1. The second kappa shape index (κ2) is 9.90. The molecule has 0 aliphatic heterocycles. The summed E-state index contributed by atoms with van der Waals surface area (Å²) in [5.74, 6) is 0.508. The van der Waals surface area contributed by atoms with Crippen LogP contribution in [0.5, 0.6) is 5.75 Å². The molecule has 0 radical (unpaired) electrons. The molecule has 2 unspecified atom stereocenters. The van der Waals surface area contributed by atoms with Gasteiger partial charge in [-0.05, 0) is 50.5 Å². The van der Waals surface area contributed by atoms with E-state index in [4.69, 9.17) is 19.1 Å². The van der Waals surface area contributed by atoms with E-state index >= 15 is 0 Å². The van der Waals surface area contributed by atoms with Gasteiger partial charge in [0.05, 0.1) is 17.3 Å². The van der Waals surface area contributed by atoms with Gasteiger partial charge in [0.2, 0.25) is 0 Å². The van der Waals surface area contributed by atoms with E-state index in [0.29, 0.717) is 47.6 Å². The van der Waals surface area contributed by atoms with E-state index in [1.165, 1.54) is 0 Å². The van der Waals surface area contributed by atoms with Crippen LogP contribution in [-0.2, 0) is 14.3 Å². The fraction of sp³-hybridized carbons (Fsp3) is 0.348. The van der Waals surface area contributed by atoms with E-state index < -0.39 is 16.2 Å². The van der Waals surface area contributed by atoms with Crippen LogP contribution in [-0.4, -0.2) is 38.7 Å². The molecular weight excluding hydrogens is 449 g/mol. The van der Waals surface area contributed by atoms with Crippen LogP contribution in [0, 0.1) is 6.92 Å². The molecule has 0 bridgehead atoms. The largest absolute Gasteiger partial charge is 0.489 e. The van der Waals surface area contributed by atoms with Gasteiger partial charge in [0.25, 0.3) is 16.1 Å². The molecule has 2 aromatic carbocycles.